The van der Waals surface area contributed by atoms with Crippen molar-refractivity contribution in [3.63, 3.8) is 0 Å². The Balaban J connectivity index is 1.76. The number of aromatic nitrogens is 2. The van der Waals surface area contributed by atoms with Crippen molar-refractivity contribution in [3.05, 3.63) is 26.7 Å². The van der Waals surface area contributed by atoms with Crippen molar-refractivity contribution >= 4 is 33.7 Å². The fourth-order valence-corrected chi connectivity index (χ4v) is 3.45. The maximum absolute atomic E-state index is 12.0. The maximum Gasteiger partial charge on any atom is 0.269 e. The summed E-state index contributed by atoms with van der Waals surface area (Å²) in [4.78, 5) is 22.3. The van der Waals surface area contributed by atoms with E-state index in [0.29, 0.717) is 10.0 Å². The molecule has 1 aliphatic heterocycles. The second-order valence-corrected chi connectivity index (χ2v) is 6.33. The standard InChI is InChI=1S/C11H12N4OS2/c1-6-13-5-9(17-6)10(16)15-11-14-7-2-3-12-4-8(7)18-11/h5,12H,2-4H2,1H3,(H,14,15,16). The van der Waals surface area contributed by atoms with Gasteiger partial charge in [0.25, 0.3) is 5.91 Å². The number of carbonyl (C=O) groups excluding carboxylic acids is 1. The molecule has 2 aromatic heterocycles. The number of carbonyl (C=O) groups is 1. The fraction of sp³-hybridized carbons (Fsp3) is 0.364. The lowest BCUT2D eigenvalue weighted by Gasteiger charge is -2.09. The number of thiazole rings is 2. The number of anilines is 1. The minimum Gasteiger partial charge on any atom is -0.311 e. The van der Waals surface area contributed by atoms with E-state index in [-0.39, 0.29) is 5.91 Å². The summed E-state index contributed by atoms with van der Waals surface area (Å²) < 4.78 is 0. The summed E-state index contributed by atoms with van der Waals surface area (Å²) in [7, 11) is 0. The van der Waals surface area contributed by atoms with Crippen molar-refractivity contribution in [3.8, 4) is 0 Å². The van der Waals surface area contributed by atoms with E-state index in [0.717, 1.165) is 30.2 Å². The lowest BCUT2D eigenvalue weighted by Crippen LogP contribution is -2.22. The Morgan fingerprint density at radius 2 is 2.39 bits per heavy atom. The van der Waals surface area contributed by atoms with Gasteiger partial charge in [0, 0.05) is 24.4 Å². The molecule has 0 spiro atoms. The number of aryl methyl sites for hydroxylation is 1. The highest BCUT2D eigenvalue weighted by Crippen LogP contribution is 2.26. The van der Waals surface area contributed by atoms with Gasteiger partial charge in [0.1, 0.15) is 4.88 Å². The van der Waals surface area contributed by atoms with Gasteiger partial charge in [-0.2, -0.15) is 0 Å². The van der Waals surface area contributed by atoms with Crippen molar-refractivity contribution in [1.82, 2.24) is 15.3 Å². The largest absolute Gasteiger partial charge is 0.311 e. The monoisotopic (exact) mass is 280 g/mol. The number of nitrogens with zero attached hydrogens (tertiary/aromatic N) is 2. The van der Waals surface area contributed by atoms with Crippen LogP contribution >= 0.6 is 22.7 Å². The average molecular weight is 280 g/mol. The molecule has 1 aliphatic rings. The van der Waals surface area contributed by atoms with Crippen molar-refractivity contribution in [2.75, 3.05) is 11.9 Å². The van der Waals surface area contributed by atoms with Crippen LogP contribution in [0.2, 0.25) is 0 Å². The molecule has 0 bridgehead atoms. The van der Waals surface area contributed by atoms with Gasteiger partial charge in [0.2, 0.25) is 0 Å². The summed E-state index contributed by atoms with van der Waals surface area (Å²) in [5.74, 6) is -0.125. The Kier molecular flexibility index (Phi) is 3.11. The lowest BCUT2D eigenvalue weighted by atomic mass is 10.2. The van der Waals surface area contributed by atoms with Crippen LogP contribution < -0.4 is 10.6 Å². The van der Waals surface area contributed by atoms with Gasteiger partial charge in [-0.1, -0.05) is 0 Å². The van der Waals surface area contributed by atoms with Crippen LogP contribution in [0.3, 0.4) is 0 Å². The Hall–Kier alpha value is -1.31. The molecular formula is C11H12N4OS2. The highest BCUT2D eigenvalue weighted by atomic mass is 32.1. The maximum atomic E-state index is 12.0. The van der Waals surface area contributed by atoms with Crippen molar-refractivity contribution in [2.45, 2.75) is 19.9 Å². The molecule has 18 heavy (non-hydrogen) atoms. The van der Waals surface area contributed by atoms with E-state index in [1.54, 1.807) is 17.5 Å². The molecule has 0 aliphatic carbocycles. The normalized spacial score (nSPS) is 14.3. The molecule has 2 N–H and O–H groups in total. The first-order valence-corrected chi connectivity index (χ1v) is 7.29. The second-order valence-electron chi connectivity index (χ2n) is 4.01. The van der Waals surface area contributed by atoms with Crippen LogP contribution in [-0.4, -0.2) is 22.4 Å². The number of rotatable bonds is 2. The predicted molar refractivity (Wildman–Crippen MR) is 72.3 cm³/mol. The minimum atomic E-state index is -0.125. The smallest absolute Gasteiger partial charge is 0.269 e. The molecule has 0 saturated carbocycles. The number of hydrogen-bond donors (Lipinski definition) is 2. The second kappa shape index (κ2) is 4.75. The van der Waals surface area contributed by atoms with E-state index >= 15 is 0 Å². The Morgan fingerprint density at radius 3 is 3.11 bits per heavy atom. The quantitative estimate of drug-likeness (QED) is 0.880. The first-order valence-electron chi connectivity index (χ1n) is 5.65. The third kappa shape index (κ3) is 2.29. The first-order chi connectivity index (χ1) is 8.72. The third-order valence-corrected chi connectivity index (χ3v) is 4.59. The Labute approximate surface area is 112 Å². The van der Waals surface area contributed by atoms with Gasteiger partial charge < -0.3 is 5.32 Å². The van der Waals surface area contributed by atoms with Gasteiger partial charge in [0.05, 0.1) is 16.9 Å². The molecule has 5 nitrogen and oxygen atoms in total. The van der Waals surface area contributed by atoms with Crippen molar-refractivity contribution < 1.29 is 4.79 Å². The highest BCUT2D eigenvalue weighted by molar-refractivity contribution is 7.16. The molecule has 3 rings (SSSR count). The Morgan fingerprint density at radius 1 is 1.50 bits per heavy atom. The summed E-state index contributed by atoms with van der Waals surface area (Å²) in [6, 6.07) is 0. The molecule has 0 saturated heterocycles. The molecule has 0 fully saturated rings. The van der Waals surface area contributed by atoms with Gasteiger partial charge in [0.15, 0.2) is 5.13 Å². The van der Waals surface area contributed by atoms with Crippen LogP contribution in [0.5, 0.6) is 0 Å². The summed E-state index contributed by atoms with van der Waals surface area (Å²) in [5, 5.41) is 7.70. The zero-order valence-corrected chi connectivity index (χ0v) is 11.5. The zero-order valence-electron chi connectivity index (χ0n) is 9.82. The molecule has 0 atom stereocenters. The molecule has 7 heteroatoms. The summed E-state index contributed by atoms with van der Waals surface area (Å²) in [6.07, 6.45) is 2.53. The van der Waals surface area contributed by atoms with E-state index in [1.807, 2.05) is 6.92 Å². The summed E-state index contributed by atoms with van der Waals surface area (Å²) in [5.41, 5.74) is 1.11. The molecule has 0 aromatic carbocycles. The number of amides is 1. The highest BCUT2D eigenvalue weighted by Gasteiger charge is 2.17. The number of fused-ring (bicyclic) bond motifs is 1. The van der Waals surface area contributed by atoms with Crippen LogP contribution in [0.15, 0.2) is 6.20 Å². The van der Waals surface area contributed by atoms with E-state index in [1.165, 1.54) is 16.2 Å². The molecule has 0 radical (unpaired) electrons. The first kappa shape index (κ1) is 11.8. The van der Waals surface area contributed by atoms with Crippen LogP contribution in [-0.2, 0) is 13.0 Å². The van der Waals surface area contributed by atoms with Gasteiger partial charge >= 0.3 is 0 Å². The van der Waals surface area contributed by atoms with Crippen LogP contribution in [0.4, 0.5) is 5.13 Å². The summed E-state index contributed by atoms with van der Waals surface area (Å²) in [6.45, 7) is 3.69. The lowest BCUT2D eigenvalue weighted by molar-refractivity contribution is 0.103. The Bertz CT molecular complexity index is 566. The van der Waals surface area contributed by atoms with Crippen molar-refractivity contribution in [1.29, 1.82) is 0 Å². The van der Waals surface area contributed by atoms with Crippen LogP contribution in [0.25, 0.3) is 0 Å². The number of nitrogens with one attached hydrogen (secondary N) is 2. The SMILES string of the molecule is Cc1ncc(C(=O)Nc2nc3c(s2)CNCC3)s1. The topological polar surface area (TPSA) is 66.9 Å². The van der Waals surface area contributed by atoms with Crippen molar-refractivity contribution in [2.24, 2.45) is 0 Å². The predicted octanol–water partition coefficient (Wildman–Crippen LogP) is 1.81. The molecule has 3 heterocycles. The van der Waals surface area contributed by atoms with E-state index in [4.69, 9.17) is 0 Å². The molecule has 0 unspecified atom stereocenters. The minimum absolute atomic E-state index is 0.125. The fourth-order valence-electron chi connectivity index (χ4n) is 1.80. The van der Waals surface area contributed by atoms with Gasteiger partial charge in [-0.15, -0.1) is 22.7 Å². The van der Waals surface area contributed by atoms with Gasteiger partial charge in [-0.05, 0) is 6.92 Å². The molecule has 1 amide bonds. The third-order valence-electron chi connectivity index (χ3n) is 2.67. The van der Waals surface area contributed by atoms with Crippen LogP contribution in [0.1, 0.15) is 25.3 Å². The van der Waals surface area contributed by atoms with Crippen LogP contribution in [0, 0.1) is 6.92 Å². The van der Waals surface area contributed by atoms with E-state index < -0.39 is 0 Å². The van der Waals surface area contributed by atoms with E-state index in [2.05, 4.69) is 20.6 Å². The molecular weight excluding hydrogens is 268 g/mol. The average Bonchev–Trinajstić information content (AvgIpc) is 2.94. The van der Waals surface area contributed by atoms with E-state index in [9.17, 15) is 4.79 Å². The van der Waals surface area contributed by atoms with Gasteiger partial charge in [-0.25, -0.2) is 9.97 Å². The molecule has 94 valence electrons. The zero-order chi connectivity index (χ0) is 12.5. The van der Waals surface area contributed by atoms with Gasteiger partial charge in [-0.3, -0.25) is 10.1 Å². The summed E-state index contributed by atoms with van der Waals surface area (Å²) >= 11 is 2.94. The number of hydrogen-bond acceptors (Lipinski definition) is 6. The molecule has 2 aromatic rings.